The average molecular weight is 397 g/mol. The minimum Gasteiger partial charge on any atom is -0.481 e. The van der Waals surface area contributed by atoms with Crippen molar-refractivity contribution in [2.45, 2.75) is 45.1 Å². The number of hydrogen-bond acceptors (Lipinski definition) is 4. The molecule has 0 saturated carbocycles. The Morgan fingerprint density at radius 2 is 1.83 bits per heavy atom. The highest BCUT2D eigenvalue weighted by Crippen LogP contribution is 2.22. The molecule has 0 spiro atoms. The van der Waals surface area contributed by atoms with Crippen LogP contribution in [0.1, 0.15) is 39.0 Å². The standard InChI is InChI=1S/C23H32N4O2/c1-18(7-6-16-27-14-4-3-5-15-27)25-23(28)26-21-11-8-19(9-12-21)20-10-13-22(29-2)24-17-20/h8-13,17-18H,3-7,14-16H2,1-2H3,(H2,25,26,28). The van der Waals surface area contributed by atoms with Crippen LogP contribution >= 0.6 is 0 Å². The second-order valence-corrected chi connectivity index (χ2v) is 7.71. The summed E-state index contributed by atoms with van der Waals surface area (Å²) in [5.41, 5.74) is 2.81. The number of urea groups is 1. The highest BCUT2D eigenvalue weighted by atomic mass is 16.5. The van der Waals surface area contributed by atoms with Crippen LogP contribution in [0.25, 0.3) is 11.1 Å². The van der Waals surface area contributed by atoms with Gasteiger partial charge in [0.15, 0.2) is 0 Å². The van der Waals surface area contributed by atoms with Gasteiger partial charge >= 0.3 is 6.03 Å². The molecule has 1 aromatic carbocycles. The fraction of sp³-hybridized carbons (Fsp3) is 0.478. The van der Waals surface area contributed by atoms with E-state index in [0.29, 0.717) is 5.88 Å². The van der Waals surface area contributed by atoms with Crippen molar-refractivity contribution < 1.29 is 9.53 Å². The van der Waals surface area contributed by atoms with Crippen molar-refractivity contribution in [1.29, 1.82) is 0 Å². The van der Waals surface area contributed by atoms with Crippen molar-refractivity contribution in [3.63, 3.8) is 0 Å². The van der Waals surface area contributed by atoms with Gasteiger partial charge in [0, 0.05) is 29.6 Å². The minimum atomic E-state index is -0.158. The molecular weight excluding hydrogens is 364 g/mol. The van der Waals surface area contributed by atoms with E-state index in [2.05, 4.69) is 27.4 Å². The Labute approximate surface area is 173 Å². The monoisotopic (exact) mass is 396 g/mol. The quantitative estimate of drug-likeness (QED) is 0.688. The van der Waals surface area contributed by atoms with Crippen molar-refractivity contribution in [1.82, 2.24) is 15.2 Å². The van der Waals surface area contributed by atoms with Gasteiger partial charge in [-0.15, -0.1) is 0 Å². The fourth-order valence-corrected chi connectivity index (χ4v) is 3.69. The molecular formula is C23H32N4O2. The summed E-state index contributed by atoms with van der Waals surface area (Å²) in [6.07, 6.45) is 7.90. The Kier molecular flexibility index (Phi) is 7.87. The van der Waals surface area contributed by atoms with Crippen LogP contribution in [0.15, 0.2) is 42.6 Å². The fourth-order valence-electron chi connectivity index (χ4n) is 3.69. The largest absolute Gasteiger partial charge is 0.481 e. The third-order valence-electron chi connectivity index (χ3n) is 5.36. The van der Waals surface area contributed by atoms with Crippen molar-refractivity contribution >= 4 is 11.7 Å². The molecule has 1 atom stereocenters. The molecule has 1 saturated heterocycles. The summed E-state index contributed by atoms with van der Waals surface area (Å²) >= 11 is 0. The van der Waals surface area contributed by atoms with Crippen LogP contribution in [0, 0.1) is 0 Å². The third kappa shape index (κ3) is 6.75. The normalized spacial score (nSPS) is 15.5. The number of methoxy groups -OCH3 is 1. The summed E-state index contributed by atoms with van der Waals surface area (Å²) < 4.78 is 5.09. The SMILES string of the molecule is COc1ccc(-c2ccc(NC(=O)NC(C)CCCN3CCCCC3)cc2)cn1. The lowest BCUT2D eigenvalue weighted by molar-refractivity contribution is 0.221. The molecule has 1 aromatic heterocycles. The number of piperidine rings is 1. The van der Waals surface area contributed by atoms with Crippen molar-refractivity contribution in [3.05, 3.63) is 42.6 Å². The molecule has 1 aliphatic heterocycles. The van der Waals surface area contributed by atoms with Crippen LogP contribution in [-0.4, -0.2) is 48.7 Å². The summed E-state index contributed by atoms with van der Waals surface area (Å²) in [5, 5.41) is 5.95. The number of ether oxygens (including phenoxy) is 1. The number of carbonyl (C=O) groups is 1. The van der Waals surface area contributed by atoms with E-state index in [1.54, 1.807) is 13.3 Å². The Balaban J connectivity index is 1.41. The molecule has 3 rings (SSSR count). The van der Waals surface area contributed by atoms with Crippen molar-refractivity contribution in [3.8, 4) is 17.0 Å². The topological polar surface area (TPSA) is 66.5 Å². The zero-order valence-electron chi connectivity index (χ0n) is 17.5. The molecule has 1 aliphatic rings. The molecule has 6 heteroatoms. The van der Waals surface area contributed by atoms with Crippen LogP contribution in [0.3, 0.4) is 0 Å². The second-order valence-electron chi connectivity index (χ2n) is 7.71. The maximum atomic E-state index is 12.3. The van der Waals surface area contributed by atoms with E-state index < -0.39 is 0 Å². The Morgan fingerprint density at radius 3 is 2.48 bits per heavy atom. The number of likely N-dealkylation sites (tertiary alicyclic amines) is 1. The maximum Gasteiger partial charge on any atom is 0.319 e. The molecule has 0 aliphatic carbocycles. The lowest BCUT2D eigenvalue weighted by atomic mass is 10.1. The minimum absolute atomic E-state index is 0.157. The van der Waals surface area contributed by atoms with Gasteiger partial charge in [-0.3, -0.25) is 0 Å². The van der Waals surface area contributed by atoms with Gasteiger partial charge in [0.25, 0.3) is 0 Å². The molecule has 0 bridgehead atoms. The van der Waals surface area contributed by atoms with E-state index in [9.17, 15) is 4.79 Å². The number of nitrogens with zero attached hydrogens (tertiary/aromatic N) is 2. The first kappa shape index (κ1) is 21.1. The molecule has 2 heterocycles. The first-order valence-corrected chi connectivity index (χ1v) is 10.5. The lowest BCUT2D eigenvalue weighted by Crippen LogP contribution is -2.37. The van der Waals surface area contributed by atoms with Gasteiger partial charge in [0.2, 0.25) is 5.88 Å². The van der Waals surface area contributed by atoms with E-state index in [0.717, 1.165) is 36.2 Å². The summed E-state index contributed by atoms with van der Waals surface area (Å²) in [6.45, 7) is 5.65. The molecule has 2 amide bonds. The maximum absolute atomic E-state index is 12.3. The van der Waals surface area contributed by atoms with E-state index in [-0.39, 0.29) is 12.1 Å². The number of carbonyl (C=O) groups excluding carboxylic acids is 1. The summed E-state index contributed by atoms with van der Waals surface area (Å²) in [6, 6.07) is 11.6. The summed E-state index contributed by atoms with van der Waals surface area (Å²) in [5.74, 6) is 0.591. The van der Waals surface area contributed by atoms with Crippen LogP contribution in [0.5, 0.6) is 5.88 Å². The number of nitrogens with one attached hydrogen (secondary N) is 2. The van der Waals surface area contributed by atoms with Gasteiger partial charge in [-0.05, 0) is 76.0 Å². The molecule has 1 unspecified atom stereocenters. The zero-order valence-corrected chi connectivity index (χ0v) is 17.5. The molecule has 156 valence electrons. The molecule has 6 nitrogen and oxygen atoms in total. The van der Waals surface area contributed by atoms with E-state index in [1.807, 2.05) is 36.4 Å². The number of benzene rings is 1. The molecule has 1 fully saturated rings. The van der Waals surface area contributed by atoms with Crippen molar-refractivity contribution in [2.75, 3.05) is 32.1 Å². The van der Waals surface area contributed by atoms with Gasteiger partial charge in [0.1, 0.15) is 0 Å². The predicted molar refractivity (Wildman–Crippen MR) is 117 cm³/mol. The van der Waals surface area contributed by atoms with Crippen molar-refractivity contribution in [2.24, 2.45) is 0 Å². The number of amides is 2. The van der Waals surface area contributed by atoms with E-state index in [1.165, 1.54) is 32.4 Å². The lowest BCUT2D eigenvalue weighted by Gasteiger charge is -2.26. The number of aromatic nitrogens is 1. The Hall–Kier alpha value is -2.60. The number of rotatable bonds is 8. The Morgan fingerprint density at radius 1 is 1.10 bits per heavy atom. The van der Waals surface area contributed by atoms with E-state index in [4.69, 9.17) is 4.74 Å². The summed E-state index contributed by atoms with van der Waals surface area (Å²) in [7, 11) is 1.60. The molecule has 2 aromatic rings. The first-order valence-electron chi connectivity index (χ1n) is 10.5. The van der Waals surface area contributed by atoms with Gasteiger partial charge < -0.3 is 20.3 Å². The van der Waals surface area contributed by atoms with Gasteiger partial charge in [0.05, 0.1) is 7.11 Å². The van der Waals surface area contributed by atoms with Crippen LogP contribution < -0.4 is 15.4 Å². The zero-order chi connectivity index (χ0) is 20.5. The highest BCUT2D eigenvalue weighted by molar-refractivity contribution is 5.89. The van der Waals surface area contributed by atoms with Crippen LogP contribution in [-0.2, 0) is 0 Å². The van der Waals surface area contributed by atoms with Crippen LogP contribution in [0.2, 0.25) is 0 Å². The van der Waals surface area contributed by atoms with Gasteiger partial charge in [-0.2, -0.15) is 0 Å². The predicted octanol–water partition coefficient (Wildman–Crippen LogP) is 4.53. The molecule has 29 heavy (non-hydrogen) atoms. The van der Waals surface area contributed by atoms with Gasteiger partial charge in [-0.25, -0.2) is 9.78 Å². The smallest absolute Gasteiger partial charge is 0.319 e. The number of hydrogen-bond donors (Lipinski definition) is 2. The highest BCUT2D eigenvalue weighted by Gasteiger charge is 2.11. The number of anilines is 1. The third-order valence-corrected chi connectivity index (χ3v) is 5.36. The number of pyridine rings is 1. The average Bonchev–Trinajstić information content (AvgIpc) is 2.75. The van der Waals surface area contributed by atoms with Crippen LogP contribution in [0.4, 0.5) is 10.5 Å². The molecule has 2 N–H and O–H groups in total. The van der Waals surface area contributed by atoms with Gasteiger partial charge in [-0.1, -0.05) is 18.6 Å². The molecule has 0 radical (unpaired) electrons. The Bertz CT molecular complexity index is 755. The van der Waals surface area contributed by atoms with E-state index >= 15 is 0 Å². The second kappa shape index (κ2) is 10.8. The first-order chi connectivity index (χ1) is 14.1. The summed E-state index contributed by atoms with van der Waals surface area (Å²) in [4.78, 5) is 19.0.